The fourth-order valence-electron chi connectivity index (χ4n) is 0.746. The number of aromatic nitrogens is 1. The number of methoxy groups -OCH3 is 1. The minimum atomic E-state index is -0.230. The smallest absolute Gasteiger partial charge is 0.264 e. The largest absolute Gasteiger partial charge is 0.375 e. The van der Waals surface area contributed by atoms with Crippen LogP contribution < -0.4 is 10.9 Å². The van der Waals surface area contributed by atoms with Gasteiger partial charge in [-0.2, -0.15) is 0 Å². The third-order valence-electron chi connectivity index (χ3n) is 1.28. The second-order valence-corrected chi connectivity index (χ2v) is 2.35. The van der Waals surface area contributed by atoms with Crippen LogP contribution in [0.5, 0.6) is 0 Å². The van der Waals surface area contributed by atoms with Crippen LogP contribution in [0.3, 0.4) is 0 Å². The molecule has 0 unspecified atom stereocenters. The quantitative estimate of drug-likeness (QED) is 0.650. The summed E-state index contributed by atoms with van der Waals surface area (Å²) < 4.78 is 4.62. The Hall–Kier alpha value is -1.62. The normalized spacial score (nSPS) is 9.31. The van der Waals surface area contributed by atoms with Crippen LogP contribution in [0, 0.1) is 0 Å². The lowest BCUT2D eigenvalue weighted by molar-refractivity contribution is -0.124. The van der Waals surface area contributed by atoms with Gasteiger partial charge in [-0.05, 0) is 12.1 Å². The molecular weight excluding hydrogens is 170 g/mol. The zero-order valence-corrected chi connectivity index (χ0v) is 7.28. The maximum absolute atomic E-state index is 10.9. The molecule has 13 heavy (non-hydrogen) atoms. The van der Waals surface area contributed by atoms with E-state index in [1.54, 1.807) is 24.5 Å². The van der Waals surface area contributed by atoms with Gasteiger partial charge in [-0.1, -0.05) is 0 Å². The number of anilines is 1. The van der Waals surface area contributed by atoms with Crippen LogP contribution in [0.15, 0.2) is 24.5 Å². The summed E-state index contributed by atoms with van der Waals surface area (Å²) in [7, 11) is 1.46. The molecule has 0 aliphatic rings. The van der Waals surface area contributed by atoms with E-state index in [0.717, 1.165) is 5.69 Å². The molecule has 0 aliphatic heterocycles. The second kappa shape index (κ2) is 5.10. The first-order chi connectivity index (χ1) is 6.33. The number of carbonyl (C=O) groups excluding carboxylic acids is 1. The first kappa shape index (κ1) is 9.47. The zero-order valence-electron chi connectivity index (χ0n) is 7.28. The first-order valence-electron chi connectivity index (χ1n) is 3.77. The average Bonchev–Trinajstić information content (AvgIpc) is 2.17. The van der Waals surface area contributed by atoms with Crippen molar-refractivity contribution in [1.29, 1.82) is 0 Å². The number of hydrogen-bond donors (Lipinski definition) is 2. The van der Waals surface area contributed by atoms with E-state index in [2.05, 4.69) is 20.6 Å². The van der Waals surface area contributed by atoms with E-state index in [-0.39, 0.29) is 12.5 Å². The standard InChI is InChI=1S/C8H11N3O2/c1-13-6-8(12)11-10-7-3-2-4-9-5-7/h2-5,10H,6H2,1H3,(H,11,12). The van der Waals surface area contributed by atoms with Crippen molar-refractivity contribution in [3.05, 3.63) is 24.5 Å². The molecule has 1 amide bonds. The SMILES string of the molecule is COCC(=O)NNc1cccnc1. The molecule has 1 aromatic heterocycles. The molecule has 70 valence electrons. The van der Waals surface area contributed by atoms with Gasteiger partial charge in [-0.25, -0.2) is 0 Å². The van der Waals surface area contributed by atoms with Crippen LogP contribution in [-0.4, -0.2) is 24.6 Å². The Morgan fingerprint density at radius 3 is 3.15 bits per heavy atom. The van der Waals surface area contributed by atoms with Crippen molar-refractivity contribution < 1.29 is 9.53 Å². The average molecular weight is 181 g/mol. The highest BCUT2D eigenvalue weighted by atomic mass is 16.5. The summed E-state index contributed by atoms with van der Waals surface area (Å²) in [5, 5.41) is 0. The molecule has 1 aromatic rings. The molecule has 0 atom stereocenters. The van der Waals surface area contributed by atoms with Crippen molar-refractivity contribution in [2.24, 2.45) is 0 Å². The third-order valence-corrected chi connectivity index (χ3v) is 1.28. The lowest BCUT2D eigenvalue weighted by Gasteiger charge is -2.06. The molecule has 0 fully saturated rings. The van der Waals surface area contributed by atoms with Gasteiger partial charge in [-0.3, -0.25) is 20.6 Å². The zero-order chi connectivity index (χ0) is 9.52. The lowest BCUT2D eigenvalue weighted by Crippen LogP contribution is -2.32. The molecule has 1 heterocycles. The van der Waals surface area contributed by atoms with E-state index in [1.165, 1.54) is 7.11 Å². The molecule has 5 nitrogen and oxygen atoms in total. The van der Waals surface area contributed by atoms with Crippen molar-refractivity contribution in [3.8, 4) is 0 Å². The number of ether oxygens (including phenoxy) is 1. The Bertz CT molecular complexity index is 263. The number of rotatable bonds is 4. The van der Waals surface area contributed by atoms with Gasteiger partial charge in [-0.15, -0.1) is 0 Å². The van der Waals surface area contributed by atoms with Crippen molar-refractivity contribution >= 4 is 11.6 Å². The fourth-order valence-corrected chi connectivity index (χ4v) is 0.746. The number of amides is 1. The monoisotopic (exact) mass is 181 g/mol. The summed E-state index contributed by atoms with van der Waals surface area (Å²) in [5.74, 6) is -0.230. The van der Waals surface area contributed by atoms with Gasteiger partial charge in [0.15, 0.2) is 0 Å². The molecule has 5 heteroatoms. The van der Waals surface area contributed by atoms with E-state index in [4.69, 9.17) is 0 Å². The number of nitrogens with zero attached hydrogens (tertiary/aromatic N) is 1. The molecule has 0 saturated carbocycles. The van der Waals surface area contributed by atoms with Crippen molar-refractivity contribution in [2.75, 3.05) is 19.1 Å². The minimum absolute atomic E-state index is 0.0350. The van der Waals surface area contributed by atoms with Gasteiger partial charge in [0.1, 0.15) is 6.61 Å². The topological polar surface area (TPSA) is 63.2 Å². The summed E-state index contributed by atoms with van der Waals surface area (Å²) in [4.78, 5) is 14.8. The maximum Gasteiger partial charge on any atom is 0.264 e. The third kappa shape index (κ3) is 3.53. The van der Waals surface area contributed by atoms with Crippen LogP contribution in [0.4, 0.5) is 5.69 Å². The summed E-state index contributed by atoms with van der Waals surface area (Å²) >= 11 is 0. The van der Waals surface area contributed by atoms with Gasteiger partial charge < -0.3 is 4.74 Å². The highest BCUT2D eigenvalue weighted by Crippen LogP contribution is 1.99. The number of carbonyl (C=O) groups is 1. The number of hydrazine groups is 1. The molecule has 0 spiro atoms. The van der Waals surface area contributed by atoms with E-state index < -0.39 is 0 Å². The maximum atomic E-state index is 10.9. The molecule has 0 saturated heterocycles. The highest BCUT2D eigenvalue weighted by Gasteiger charge is 1.97. The molecule has 0 bridgehead atoms. The highest BCUT2D eigenvalue weighted by molar-refractivity contribution is 5.78. The summed E-state index contributed by atoms with van der Waals surface area (Å²) in [6.45, 7) is 0.0350. The van der Waals surface area contributed by atoms with Gasteiger partial charge in [0.2, 0.25) is 0 Å². The van der Waals surface area contributed by atoms with Gasteiger partial charge >= 0.3 is 0 Å². The fraction of sp³-hybridized carbons (Fsp3) is 0.250. The Labute approximate surface area is 76.1 Å². The van der Waals surface area contributed by atoms with Gasteiger partial charge in [0.05, 0.1) is 11.9 Å². The van der Waals surface area contributed by atoms with Crippen LogP contribution in [0.2, 0.25) is 0 Å². The lowest BCUT2D eigenvalue weighted by atomic mass is 10.4. The number of pyridine rings is 1. The van der Waals surface area contributed by atoms with Crippen LogP contribution in [-0.2, 0) is 9.53 Å². The Morgan fingerprint density at radius 1 is 1.69 bits per heavy atom. The van der Waals surface area contributed by atoms with Gasteiger partial charge in [0.25, 0.3) is 5.91 Å². The summed E-state index contributed by atoms with van der Waals surface area (Å²) in [6, 6.07) is 3.56. The Kier molecular flexibility index (Phi) is 3.72. The Morgan fingerprint density at radius 2 is 2.54 bits per heavy atom. The van der Waals surface area contributed by atoms with Crippen molar-refractivity contribution in [2.45, 2.75) is 0 Å². The Balaban J connectivity index is 2.31. The molecular formula is C8H11N3O2. The van der Waals surface area contributed by atoms with E-state index in [1.807, 2.05) is 0 Å². The number of hydrogen-bond acceptors (Lipinski definition) is 4. The summed E-state index contributed by atoms with van der Waals surface area (Å²) in [6.07, 6.45) is 3.26. The molecule has 0 aliphatic carbocycles. The van der Waals surface area contributed by atoms with E-state index >= 15 is 0 Å². The molecule has 0 aromatic carbocycles. The van der Waals surface area contributed by atoms with E-state index in [0.29, 0.717) is 0 Å². The van der Waals surface area contributed by atoms with Crippen LogP contribution >= 0.6 is 0 Å². The van der Waals surface area contributed by atoms with E-state index in [9.17, 15) is 4.79 Å². The molecule has 1 rings (SSSR count). The predicted molar refractivity (Wildman–Crippen MR) is 47.9 cm³/mol. The predicted octanol–water partition coefficient (Wildman–Crippen LogP) is 0.171. The van der Waals surface area contributed by atoms with Crippen LogP contribution in [0.25, 0.3) is 0 Å². The molecule has 0 radical (unpaired) electrons. The van der Waals surface area contributed by atoms with Crippen LogP contribution in [0.1, 0.15) is 0 Å². The number of nitrogens with one attached hydrogen (secondary N) is 2. The van der Waals surface area contributed by atoms with Crippen molar-refractivity contribution in [1.82, 2.24) is 10.4 Å². The second-order valence-electron chi connectivity index (χ2n) is 2.35. The summed E-state index contributed by atoms with van der Waals surface area (Å²) in [5.41, 5.74) is 5.86. The first-order valence-corrected chi connectivity index (χ1v) is 3.77. The van der Waals surface area contributed by atoms with Gasteiger partial charge in [0, 0.05) is 13.3 Å². The molecule has 2 N–H and O–H groups in total. The minimum Gasteiger partial charge on any atom is -0.375 e. The van der Waals surface area contributed by atoms with Crippen molar-refractivity contribution in [3.63, 3.8) is 0 Å².